The smallest absolute Gasteiger partial charge is 0.420 e. The molecule has 0 aliphatic heterocycles. The SMILES string of the molecule is COc1ccc(Nc2cc(-c3cccnc3)nc(NCC(=O)O)n2)cc1C(F)(F)F. The number of carboxylic acid groups (broad SMARTS) is 1. The summed E-state index contributed by atoms with van der Waals surface area (Å²) >= 11 is 0. The van der Waals surface area contributed by atoms with Gasteiger partial charge < -0.3 is 20.5 Å². The predicted octanol–water partition coefficient (Wildman–Crippen LogP) is 3.81. The molecule has 0 spiro atoms. The van der Waals surface area contributed by atoms with Crippen LogP contribution in [0.25, 0.3) is 11.3 Å². The lowest BCUT2D eigenvalue weighted by molar-refractivity contribution is -0.138. The van der Waals surface area contributed by atoms with E-state index in [1.165, 1.54) is 18.2 Å². The summed E-state index contributed by atoms with van der Waals surface area (Å²) in [5.74, 6) is -1.28. The van der Waals surface area contributed by atoms with E-state index in [-0.39, 0.29) is 23.2 Å². The molecule has 156 valence electrons. The molecule has 2 aromatic heterocycles. The monoisotopic (exact) mass is 419 g/mol. The van der Waals surface area contributed by atoms with Crippen molar-refractivity contribution < 1.29 is 27.8 Å². The summed E-state index contributed by atoms with van der Waals surface area (Å²) in [6.07, 6.45) is -1.49. The number of nitrogens with one attached hydrogen (secondary N) is 2. The molecule has 0 unspecified atom stereocenters. The van der Waals surface area contributed by atoms with Crippen LogP contribution in [0.2, 0.25) is 0 Å². The zero-order valence-electron chi connectivity index (χ0n) is 15.6. The van der Waals surface area contributed by atoms with Gasteiger partial charge in [0.15, 0.2) is 0 Å². The minimum absolute atomic E-state index is 0.00851. The Bertz CT molecular complexity index is 1050. The highest BCUT2D eigenvalue weighted by molar-refractivity contribution is 5.73. The van der Waals surface area contributed by atoms with Crippen molar-refractivity contribution in [1.29, 1.82) is 0 Å². The van der Waals surface area contributed by atoms with Crippen LogP contribution in [0.15, 0.2) is 48.8 Å². The molecule has 0 fully saturated rings. The molecule has 0 aliphatic carbocycles. The van der Waals surface area contributed by atoms with Crippen molar-refractivity contribution in [1.82, 2.24) is 15.0 Å². The molecule has 8 nitrogen and oxygen atoms in total. The van der Waals surface area contributed by atoms with Gasteiger partial charge in [0.1, 0.15) is 18.1 Å². The lowest BCUT2D eigenvalue weighted by Crippen LogP contribution is -2.15. The van der Waals surface area contributed by atoms with Gasteiger partial charge in [-0.25, -0.2) is 4.98 Å². The van der Waals surface area contributed by atoms with Gasteiger partial charge in [-0.1, -0.05) is 0 Å². The van der Waals surface area contributed by atoms with Gasteiger partial charge in [-0.05, 0) is 30.3 Å². The number of rotatable bonds is 7. The zero-order chi connectivity index (χ0) is 21.7. The molecule has 1 aromatic carbocycles. The molecule has 0 bridgehead atoms. The van der Waals surface area contributed by atoms with E-state index in [1.807, 2.05) is 0 Å². The second-order valence-electron chi connectivity index (χ2n) is 5.99. The van der Waals surface area contributed by atoms with Gasteiger partial charge in [-0.2, -0.15) is 18.2 Å². The highest BCUT2D eigenvalue weighted by Crippen LogP contribution is 2.38. The number of hydrogen-bond donors (Lipinski definition) is 3. The van der Waals surface area contributed by atoms with Crippen LogP contribution in [0.3, 0.4) is 0 Å². The summed E-state index contributed by atoms with van der Waals surface area (Å²) in [4.78, 5) is 23.2. The predicted molar refractivity (Wildman–Crippen MR) is 103 cm³/mol. The lowest BCUT2D eigenvalue weighted by atomic mass is 10.1. The van der Waals surface area contributed by atoms with Crippen molar-refractivity contribution in [2.45, 2.75) is 6.18 Å². The number of pyridine rings is 1. The second-order valence-corrected chi connectivity index (χ2v) is 5.99. The average Bonchev–Trinajstić information content (AvgIpc) is 2.72. The number of aromatic nitrogens is 3. The van der Waals surface area contributed by atoms with Gasteiger partial charge in [0, 0.05) is 29.7 Å². The van der Waals surface area contributed by atoms with E-state index in [0.717, 1.165) is 13.2 Å². The molecular formula is C19H16F3N5O3. The van der Waals surface area contributed by atoms with Crippen LogP contribution < -0.4 is 15.4 Å². The first-order chi connectivity index (χ1) is 14.3. The number of methoxy groups -OCH3 is 1. The number of hydrogen-bond acceptors (Lipinski definition) is 7. The van der Waals surface area contributed by atoms with Crippen molar-refractivity contribution in [2.24, 2.45) is 0 Å². The topological polar surface area (TPSA) is 109 Å². The van der Waals surface area contributed by atoms with E-state index in [1.54, 1.807) is 24.5 Å². The second kappa shape index (κ2) is 8.64. The number of anilines is 3. The van der Waals surface area contributed by atoms with Crippen LogP contribution in [0, 0.1) is 0 Å². The Balaban J connectivity index is 1.98. The molecule has 0 aliphatic rings. The Hall–Kier alpha value is -3.89. The fourth-order valence-electron chi connectivity index (χ4n) is 2.56. The normalized spacial score (nSPS) is 11.1. The minimum Gasteiger partial charge on any atom is -0.496 e. The largest absolute Gasteiger partial charge is 0.496 e. The summed E-state index contributed by atoms with van der Waals surface area (Å²) in [7, 11) is 1.16. The third-order valence-corrected chi connectivity index (χ3v) is 3.86. The molecular weight excluding hydrogens is 403 g/mol. The van der Waals surface area contributed by atoms with Gasteiger partial charge in [-0.15, -0.1) is 0 Å². The van der Waals surface area contributed by atoms with Crippen LogP contribution in [0.5, 0.6) is 5.75 Å². The van der Waals surface area contributed by atoms with E-state index in [4.69, 9.17) is 9.84 Å². The molecule has 0 radical (unpaired) electrons. The van der Waals surface area contributed by atoms with Crippen molar-refractivity contribution in [3.05, 3.63) is 54.4 Å². The Morgan fingerprint density at radius 3 is 2.63 bits per heavy atom. The van der Waals surface area contributed by atoms with Crippen LogP contribution in [0.1, 0.15) is 5.56 Å². The van der Waals surface area contributed by atoms with Crippen LogP contribution >= 0.6 is 0 Å². The summed E-state index contributed by atoms with van der Waals surface area (Å²) in [5.41, 5.74) is 0.189. The van der Waals surface area contributed by atoms with E-state index in [2.05, 4.69) is 25.6 Å². The molecule has 3 aromatic rings. The molecule has 3 N–H and O–H groups in total. The molecule has 2 heterocycles. The van der Waals surface area contributed by atoms with Crippen molar-refractivity contribution in [3.8, 4) is 17.0 Å². The van der Waals surface area contributed by atoms with Gasteiger partial charge in [0.2, 0.25) is 5.95 Å². The standard InChI is InChI=1S/C19H16F3N5O3/c1-30-15-5-4-12(7-13(15)19(20,21)22)25-16-8-14(11-3-2-6-23-9-11)26-18(27-16)24-10-17(28)29/h2-9H,10H2,1H3,(H,28,29)(H2,24,25,26,27). The summed E-state index contributed by atoms with van der Waals surface area (Å²) in [6, 6.07) is 8.43. The zero-order valence-corrected chi connectivity index (χ0v) is 15.6. The highest BCUT2D eigenvalue weighted by Gasteiger charge is 2.34. The number of alkyl halides is 3. The molecule has 0 saturated heterocycles. The van der Waals surface area contributed by atoms with Crippen LogP contribution in [-0.4, -0.2) is 39.7 Å². The summed E-state index contributed by atoms with van der Waals surface area (Å²) in [5, 5.41) is 14.2. The van der Waals surface area contributed by atoms with E-state index in [0.29, 0.717) is 11.3 Å². The van der Waals surface area contributed by atoms with Crippen LogP contribution in [-0.2, 0) is 11.0 Å². The van der Waals surface area contributed by atoms with Gasteiger partial charge >= 0.3 is 12.1 Å². The Morgan fingerprint density at radius 2 is 2.00 bits per heavy atom. The lowest BCUT2D eigenvalue weighted by Gasteiger charge is -2.15. The van der Waals surface area contributed by atoms with Crippen molar-refractivity contribution in [3.63, 3.8) is 0 Å². The molecule has 0 amide bonds. The molecule has 3 rings (SSSR count). The minimum atomic E-state index is -4.61. The maximum absolute atomic E-state index is 13.3. The Morgan fingerprint density at radius 1 is 1.20 bits per heavy atom. The Kier molecular flexibility index (Phi) is 6.00. The van der Waals surface area contributed by atoms with Gasteiger partial charge in [-0.3, -0.25) is 9.78 Å². The average molecular weight is 419 g/mol. The number of benzene rings is 1. The number of carbonyl (C=O) groups is 1. The maximum Gasteiger partial charge on any atom is 0.420 e. The van der Waals surface area contributed by atoms with Gasteiger partial charge in [0.25, 0.3) is 0 Å². The molecule has 0 atom stereocenters. The fraction of sp³-hybridized carbons (Fsp3) is 0.158. The Labute approximate surface area is 168 Å². The van der Waals surface area contributed by atoms with Gasteiger partial charge in [0.05, 0.1) is 18.4 Å². The number of aliphatic carboxylic acids is 1. The van der Waals surface area contributed by atoms with Crippen molar-refractivity contribution >= 4 is 23.4 Å². The number of halogens is 3. The third-order valence-electron chi connectivity index (χ3n) is 3.86. The van der Waals surface area contributed by atoms with Crippen molar-refractivity contribution in [2.75, 3.05) is 24.3 Å². The summed E-state index contributed by atoms with van der Waals surface area (Å²) < 4.78 is 44.6. The summed E-state index contributed by atoms with van der Waals surface area (Å²) in [6.45, 7) is -0.434. The molecule has 30 heavy (non-hydrogen) atoms. The van der Waals surface area contributed by atoms with E-state index < -0.39 is 24.3 Å². The highest BCUT2D eigenvalue weighted by atomic mass is 19.4. The molecule has 0 saturated carbocycles. The third kappa shape index (κ3) is 5.13. The number of ether oxygens (including phenoxy) is 1. The first-order valence-corrected chi connectivity index (χ1v) is 8.53. The van der Waals surface area contributed by atoms with Crippen LogP contribution in [0.4, 0.5) is 30.6 Å². The van der Waals surface area contributed by atoms with E-state index in [9.17, 15) is 18.0 Å². The number of nitrogens with zero attached hydrogens (tertiary/aromatic N) is 3. The first kappa shape index (κ1) is 20.8. The van der Waals surface area contributed by atoms with E-state index >= 15 is 0 Å². The maximum atomic E-state index is 13.3. The molecule has 11 heteroatoms. The first-order valence-electron chi connectivity index (χ1n) is 8.53. The fourth-order valence-corrected chi connectivity index (χ4v) is 2.56. The quantitative estimate of drug-likeness (QED) is 0.531. The number of carboxylic acids is 1.